The van der Waals surface area contributed by atoms with E-state index in [1.807, 2.05) is 6.07 Å². The second kappa shape index (κ2) is 7.13. The number of nitrogens with two attached hydrogens (primary N) is 1. The van der Waals surface area contributed by atoms with Gasteiger partial charge in [-0.2, -0.15) is 5.26 Å². The van der Waals surface area contributed by atoms with Gasteiger partial charge in [-0.15, -0.1) is 0 Å². The van der Waals surface area contributed by atoms with Gasteiger partial charge in [0.2, 0.25) is 0 Å². The zero-order valence-electron chi connectivity index (χ0n) is 16.8. The summed E-state index contributed by atoms with van der Waals surface area (Å²) in [6.07, 6.45) is -0.0219. The first-order valence-corrected chi connectivity index (χ1v) is 9.18. The smallest absolute Gasteiger partial charge is 0.147 e. The maximum Gasteiger partial charge on any atom is 0.147 e. The highest BCUT2D eigenvalue weighted by molar-refractivity contribution is 5.83. The molecule has 0 amide bonds. The highest BCUT2D eigenvalue weighted by Crippen LogP contribution is 2.40. The number of hydrogen-bond donors (Lipinski definition) is 1. The van der Waals surface area contributed by atoms with Gasteiger partial charge in [0.15, 0.2) is 0 Å². The van der Waals surface area contributed by atoms with Crippen molar-refractivity contribution in [3.63, 3.8) is 0 Å². The highest BCUT2D eigenvalue weighted by atomic mass is 16.5. The van der Waals surface area contributed by atoms with Crippen molar-refractivity contribution in [1.82, 2.24) is 0 Å². The zero-order chi connectivity index (χ0) is 19.8. The van der Waals surface area contributed by atoms with E-state index in [0.717, 1.165) is 29.9 Å². The van der Waals surface area contributed by atoms with Crippen LogP contribution in [0.15, 0.2) is 36.4 Å². The fourth-order valence-electron chi connectivity index (χ4n) is 3.66. The average molecular weight is 364 g/mol. The van der Waals surface area contributed by atoms with E-state index >= 15 is 0 Å². The largest absolute Gasteiger partial charge is 0.399 e. The Morgan fingerprint density at radius 3 is 2.56 bits per heavy atom. The number of rotatable bonds is 3. The van der Waals surface area contributed by atoms with Crippen molar-refractivity contribution in [2.75, 3.05) is 42.8 Å². The molecule has 1 aliphatic rings. The van der Waals surface area contributed by atoms with E-state index in [2.05, 4.69) is 61.9 Å². The van der Waals surface area contributed by atoms with Gasteiger partial charge in [0.1, 0.15) is 6.23 Å². The molecule has 0 spiro atoms. The van der Waals surface area contributed by atoms with Gasteiger partial charge in [-0.3, -0.25) is 0 Å². The van der Waals surface area contributed by atoms with Crippen molar-refractivity contribution < 1.29 is 4.74 Å². The molecule has 3 rings (SSSR count). The Bertz CT molecular complexity index is 879. The van der Waals surface area contributed by atoms with Crippen molar-refractivity contribution in [2.24, 2.45) is 5.41 Å². The first-order chi connectivity index (χ1) is 12.7. The Hall–Kier alpha value is -2.71. The van der Waals surface area contributed by atoms with Crippen LogP contribution in [0.1, 0.15) is 26.3 Å². The predicted octanol–water partition coefficient (Wildman–Crippen LogP) is 4.08. The minimum atomic E-state index is -0.0219. The maximum atomic E-state index is 9.48. The number of nitrogen functional groups attached to an aromatic ring is 1. The van der Waals surface area contributed by atoms with E-state index in [9.17, 15) is 5.26 Å². The molecule has 2 N–H and O–H groups in total. The molecule has 0 bridgehead atoms. The summed E-state index contributed by atoms with van der Waals surface area (Å²) in [4.78, 5) is 4.55. The van der Waals surface area contributed by atoms with Crippen LogP contribution in [0.5, 0.6) is 0 Å². The van der Waals surface area contributed by atoms with E-state index < -0.39 is 0 Å². The van der Waals surface area contributed by atoms with Gasteiger partial charge >= 0.3 is 0 Å². The minimum absolute atomic E-state index is 0.0219. The minimum Gasteiger partial charge on any atom is -0.399 e. The SMILES string of the molecule is COC1CN(CC(C)(C)C)c2ccc(-c3cc(N)ccc3C#N)cc2N1C. The third kappa shape index (κ3) is 3.86. The van der Waals surface area contributed by atoms with Gasteiger partial charge in [-0.1, -0.05) is 26.8 Å². The van der Waals surface area contributed by atoms with Gasteiger partial charge in [-0.05, 0) is 41.3 Å². The van der Waals surface area contributed by atoms with Gasteiger partial charge in [0.05, 0.1) is 29.6 Å². The maximum absolute atomic E-state index is 9.48. The lowest BCUT2D eigenvalue weighted by Gasteiger charge is -2.44. The lowest BCUT2D eigenvalue weighted by Crippen LogP contribution is -2.50. The molecule has 1 aliphatic heterocycles. The molecule has 142 valence electrons. The van der Waals surface area contributed by atoms with Crippen LogP contribution in [0, 0.1) is 16.7 Å². The summed E-state index contributed by atoms with van der Waals surface area (Å²) in [5, 5.41) is 9.48. The molecule has 1 unspecified atom stereocenters. The van der Waals surface area contributed by atoms with E-state index in [0.29, 0.717) is 11.3 Å². The molecule has 0 aromatic heterocycles. The van der Waals surface area contributed by atoms with Gasteiger partial charge in [-0.25, -0.2) is 0 Å². The van der Waals surface area contributed by atoms with Crippen molar-refractivity contribution >= 4 is 17.1 Å². The Kier molecular flexibility index (Phi) is 5.03. The summed E-state index contributed by atoms with van der Waals surface area (Å²) in [5.41, 5.74) is 11.5. The summed E-state index contributed by atoms with van der Waals surface area (Å²) in [5.74, 6) is 0. The number of methoxy groups -OCH3 is 1. The van der Waals surface area contributed by atoms with Gasteiger partial charge in [0.25, 0.3) is 0 Å². The van der Waals surface area contributed by atoms with E-state index in [1.165, 1.54) is 5.69 Å². The summed E-state index contributed by atoms with van der Waals surface area (Å²) >= 11 is 0. The molecule has 5 nitrogen and oxygen atoms in total. The Balaban J connectivity index is 2.11. The topological polar surface area (TPSA) is 65.5 Å². The van der Waals surface area contributed by atoms with Crippen molar-refractivity contribution in [3.8, 4) is 17.2 Å². The van der Waals surface area contributed by atoms with Gasteiger partial charge in [0, 0.05) is 32.0 Å². The second-order valence-electron chi connectivity index (χ2n) is 8.36. The van der Waals surface area contributed by atoms with Crippen LogP contribution < -0.4 is 15.5 Å². The zero-order valence-corrected chi connectivity index (χ0v) is 16.8. The third-order valence-corrected chi connectivity index (χ3v) is 4.92. The number of fused-ring (bicyclic) bond motifs is 1. The Labute approximate surface area is 161 Å². The second-order valence-corrected chi connectivity index (χ2v) is 8.36. The van der Waals surface area contributed by atoms with E-state index in [4.69, 9.17) is 10.5 Å². The summed E-state index contributed by atoms with van der Waals surface area (Å²) in [6, 6.07) is 14.0. The molecular formula is C22H28N4O. The molecule has 2 aromatic carbocycles. The van der Waals surface area contributed by atoms with Crippen LogP contribution in [0.3, 0.4) is 0 Å². The molecule has 5 heteroatoms. The molecule has 0 fully saturated rings. The van der Waals surface area contributed by atoms with Crippen molar-refractivity contribution in [1.29, 1.82) is 5.26 Å². The van der Waals surface area contributed by atoms with E-state index in [1.54, 1.807) is 19.2 Å². The Morgan fingerprint density at radius 2 is 1.93 bits per heavy atom. The molecular weight excluding hydrogens is 336 g/mol. The van der Waals surface area contributed by atoms with Crippen LogP contribution >= 0.6 is 0 Å². The van der Waals surface area contributed by atoms with Crippen LogP contribution in [-0.2, 0) is 4.74 Å². The number of likely N-dealkylation sites (N-methyl/N-ethyl adjacent to an activating group) is 1. The summed E-state index contributed by atoms with van der Waals surface area (Å²) in [7, 11) is 3.80. The predicted molar refractivity (Wildman–Crippen MR) is 112 cm³/mol. The summed E-state index contributed by atoms with van der Waals surface area (Å²) in [6.45, 7) is 8.49. The first-order valence-electron chi connectivity index (χ1n) is 9.18. The van der Waals surface area contributed by atoms with Crippen molar-refractivity contribution in [3.05, 3.63) is 42.0 Å². The number of ether oxygens (including phenoxy) is 1. The lowest BCUT2D eigenvalue weighted by atomic mass is 9.94. The highest BCUT2D eigenvalue weighted by Gasteiger charge is 2.31. The first kappa shape index (κ1) is 19.1. The normalized spacial score (nSPS) is 16.8. The molecule has 27 heavy (non-hydrogen) atoms. The van der Waals surface area contributed by atoms with Crippen molar-refractivity contribution in [2.45, 2.75) is 27.0 Å². The molecule has 0 aliphatic carbocycles. The molecule has 0 radical (unpaired) electrons. The quantitative estimate of drug-likeness (QED) is 0.831. The van der Waals surface area contributed by atoms with Crippen LogP contribution in [0.4, 0.5) is 17.1 Å². The Morgan fingerprint density at radius 1 is 1.19 bits per heavy atom. The molecule has 1 heterocycles. The fraction of sp³-hybridized carbons (Fsp3) is 0.409. The number of nitrogens with zero attached hydrogens (tertiary/aromatic N) is 3. The molecule has 1 atom stereocenters. The lowest BCUT2D eigenvalue weighted by molar-refractivity contribution is 0.104. The standard InChI is InChI=1S/C22H28N4O/c1-22(2,3)14-26-13-21(27-5)25(4)20-10-15(7-9-19(20)26)18-11-17(24)8-6-16(18)12-23/h6-11,21H,13-14,24H2,1-5H3. The molecule has 2 aromatic rings. The number of hydrogen-bond acceptors (Lipinski definition) is 5. The molecule has 0 saturated heterocycles. The van der Waals surface area contributed by atoms with Crippen LogP contribution in [0.25, 0.3) is 11.1 Å². The fourth-order valence-corrected chi connectivity index (χ4v) is 3.66. The monoisotopic (exact) mass is 364 g/mol. The number of benzene rings is 2. The molecule has 0 saturated carbocycles. The number of nitriles is 1. The average Bonchev–Trinajstić information content (AvgIpc) is 2.62. The number of anilines is 3. The van der Waals surface area contributed by atoms with Gasteiger partial charge < -0.3 is 20.3 Å². The third-order valence-electron chi connectivity index (χ3n) is 4.92. The summed E-state index contributed by atoms with van der Waals surface area (Å²) < 4.78 is 5.73. The van der Waals surface area contributed by atoms with Crippen LogP contribution in [0.2, 0.25) is 0 Å². The van der Waals surface area contributed by atoms with E-state index in [-0.39, 0.29) is 11.6 Å². The van der Waals surface area contributed by atoms with Crippen LogP contribution in [-0.4, -0.2) is 33.5 Å².